The average Bonchev–Trinajstić information content (AvgIpc) is 2.67. The van der Waals surface area contributed by atoms with Crippen LogP contribution < -0.4 is 11.3 Å². The number of rotatable bonds is 1. The Balaban J connectivity index is 2.09. The quantitative estimate of drug-likeness (QED) is 0.815. The van der Waals surface area contributed by atoms with Crippen molar-refractivity contribution in [3.8, 4) is 0 Å². The Morgan fingerprint density at radius 2 is 2.11 bits per heavy atom. The second-order valence-corrected chi connectivity index (χ2v) is 4.90. The minimum Gasteiger partial charge on any atom is -0.396 e. The smallest absolute Gasteiger partial charge is 0.255 e. The van der Waals surface area contributed by atoms with Crippen LogP contribution in [-0.4, -0.2) is 27.4 Å². The highest BCUT2D eigenvalue weighted by Gasteiger charge is 2.32. The van der Waals surface area contributed by atoms with E-state index < -0.39 is 0 Å². The highest BCUT2D eigenvalue weighted by Crippen LogP contribution is 2.26. The summed E-state index contributed by atoms with van der Waals surface area (Å²) in [6, 6.07) is 5.53. The van der Waals surface area contributed by atoms with E-state index in [0.717, 1.165) is 11.5 Å². The van der Waals surface area contributed by atoms with E-state index in [2.05, 4.69) is 18.8 Å². The van der Waals surface area contributed by atoms with Gasteiger partial charge in [-0.15, -0.1) is 0 Å². The van der Waals surface area contributed by atoms with Gasteiger partial charge in [-0.1, -0.05) is 6.07 Å². The fourth-order valence-electron chi connectivity index (χ4n) is 2.37. The minimum atomic E-state index is -0.0712. The SMILES string of the molecule is CC1N=C2C(N)=CC(n3ccccc3=O)=CN2C1C. The van der Waals surface area contributed by atoms with Gasteiger partial charge in [0.05, 0.1) is 23.5 Å². The number of pyridine rings is 1. The van der Waals surface area contributed by atoms with E-state index in [0.29, 0.717) is 5.70 Å². The standard InChI is InChI=1S/C14H16N4O/c1-9-10(2)18-8-11(7-12(15)14(18)16-9)17-6-4-3-5-13(17)19/h3-10H,15H2,1-2H3. The molecule has 1 aromatic rings. The average molecular weight is 256 g/mol. The Morgan fingerprint density at radius 3 is 2.84 bits per heavy atom. The maximum atomic E-state index is 11.9. The predicted octanol–water partition coefficient (Wildman–Crippen LogP) is 0.994. The van der Waals surface area contributed by atoms with E-state index in [1.807, 2.05) is 17.2 Å². The van der Waals surface area contributed by atoms with E-state index in [-0.39, 0.29) is 17.6 Å². The number of nitrogens with zero attached hydrogens (tertiary/aromatic N) is 3. The van der Waals surface area contributed by atoms with Crippen LogP contribution in [0, 0.1) is 0 Å². The molecule has 5 heteroatoms. The Morgan fingerprint density at radius 1 is 1.32 bits per heavy atom. The minimum absolute atomic E-state index is 0.0712. The molecule has 5 nitrogen and oxygen atoms in total. The van der Waals surface area contributed by atoms with E-state index >= 15 is 0 Å². The van der Waals surface area contributed by atoms with E-state index in [4.69, 9.17) is 5.73 Å². The van der Waals surface area contributed by atoms with Crippen molar-refractivity contribution in [1.29, 1.82) is 0 Å². The maximum Gasteiger partial charge on any atom is 0.255 e. The van der Waals surface area contributed by atoms with Gasteiger partial charge in [-0.3, -0.25) is 14.4 Å². The first kappa shape index (κ1) is 11.8. The monoisotopic (exact) mass is 256 g/mol. The largest absolute Gasteiger partial charge is 0.396 e. The van der Waals surface area contributed by atoms with Crippen molar-refractivity contribution in [3.05, 3.63) is 52.7 Å². The van der Waals surface area contributed by atoms with Crippen molar-refractivity contribution in [2.45, 2.75) is 25.9 Å². The van der Waals surface area contributed by atoms with Gasteiger partial charge in [0.1, 0.15) is 0 Å². The van der Waals surface area contributed by atoms with Crippen molar-refractivity contribution >= 4 is 11.5 Å². The predicted molar refractivity (Wildman–Crippen MR) is 75.4 cm³/mol. The van der Waals surface area contributed by atoms with Gasteiger partial charge < -0.3 is 10.6 Å². The zero-order valence-corrected chi connectivity index (χ0v) is 10.9. The second kappa shape index (κ2) is 4.12. The molecule has 2 aliphatic rings. The number of fused-ring (bicyclic) bond motifs is 1. The van der Waals surface area contributed by atoms with Crippen LogP contribution in [0.5, 0.6) is 0 Å². The summed E-state index contributed by atoms with van der Waals surface area (Å²) in [5.74, 6) is 0.799. The summed E-state index contributed by atoms with van der Waals surface area (Å²) in [4.78, 5) is 18.4. The topological polar surface area (TPSA) is 63.6 Å². The number of aromatic nitrogens is 1. The summed E-state index contributed by atoms with van der Waals surface area (Å²) in [6.45, 7) is 4.16. The lowest BCUT2D eigenvalue weighted by molar-refractivity contribution is 0.419. The van der Waals surface area contributed by atoms with E-state index in [1.165, 1.54) is 6.07 Å². The van der Waals surface area contributed by atoms with Crippen LogP contribution in [0.4, 0.5) is 0 Å². The third-order valence-electron chi connectivity index (χ3n) is 3.64. The fourth-order valence-corrected chi connectivity index (χ4v) is 2.37. The maximum absolute atomic E-state index is 11.9. The van der Waals surface area contributed by atoms with Crippen LogP contribution in [0.25, 0.3) is 5.70 Å². The fraction of sp³-hybridized carbons (Fsp3) is 0.286. The summed E-state index contributed by atoms with van der Waals surface area (Å²) >= 11 is 0. The Labute approximate surface area is 111 Å². The summed E-state index contributed by atoms with van der Waals surface area (Å²) in [6.07, 6.45) is 5.47. The summed E-state index contributed by atoms with van der Waals surface area (Å²) in [5, 5.41) is 0. The molecule has 0 aromatic carbocycles. The Kier molecular flexibility index (Phi) is 2.55. The molecule has 3 heterocycles. The molecule has 0 spiro atoms. The van der Waals surface area contributed by atoms with Crippen LogP contribution >= 0.6 is 0 Å². The van der Waals surface area contributed by atoms with Crippen molar-refractivity contribution < 1.29 is 0 Å². The molecule has 0 amide bonds. The molecule has 98 valence electrons. The summed E-state index contributed by atoms with van der Waals surface area (Å²) in [7, 11) is 0. The Hall–Kier alpha value is -2.30. The van der Waals surface area contributed by atoms with Crippen molar-refractivity contribution in [2.24, 2.45) is 10.7 Å². The number of aliphatic imine (C=N–C) groups is 1. The molecule has 2 N–H and O–H groups in total. The highest BCUT2D eigenvalue weighted by molar-refractivity contribution is 6.03. The number of hydrogen-bond donors (Lipinski definition) is 1. The molecule has 0 saturated carbocycles. The zero-order valence-electron chi connectivity index (χ0n) is 10.9. The van der Waals surface area contributed by atoms with Gasteiger partial charge in [0, 0.05) is 18.5 Å². The molecule has 2 unspecified atom stereocenters. The molecule has 2 atom stereocenters. The van der Waals surface area contributed by atoms with E-state index in [1.54, 1.807) is 22.9 Å². The van der Waals surface area contributed by atoms with Gasteiger partial charge >= 0.3 is 0 Å². The van der Waals surface area contributed by atoms with Crippen LogP contribution in [0.1, 0.15) is 13.8 Å². The van der Waals surface area contributed by atoms with Gasteiger partial charge in [-0.2, -0.15) is 0 Å². The van der Waals surface area contributed by atoms with Gasteiger partial charge in [0.25, 0.3) is 5.56 Å². The molecule has 0 bridgehead atoms. The van der Waals surface area contributed by atoms with Crippen LogP contribution in [-0.2, 0) is 0 Å². The first-order valence-corrected chi connectivity index (χ1v) is 6.31. The molecule has 19 heavy (non-hydrogen) atoms. The number of allylic oxidation sites excluding steroid dienone is 2. The van der Waals surface area contributed by atoms with Crippen LogP contribution in [0.2, 0.25) is 0 Å². The first-order valence-electron chi connectivity index (χ1n) is 6.31. The van der Waals surface area contributed by atoms with Crippen molar-refractivity contribution in [1.82, 2.24) is 9.47 Å². The second-order valence-electron chi connectivity index (χ2n) is 4.90. The molecular formula is C14H16N4O. The van der Waals surface area contributed by atoms with Crippen LogP contribution in [0.15, 0.2) is 52.2 Å². The molecule has 0 aliphatic carbocycles. The van der Waals surface area contributed by atoms with Crippen molar-refractivity contribution in [2.75, 3.05) is 0 Å². The number of amidine groups is 1. The molecule has 0 saturated heterocycles. The summed E-state index contributed by atoms with van der Waals surface area (Å²) in [5.41, 5.74) is 7.35. The Bertz CT molecular complexity index is 668. The number of nitrogens with two attached hydrogens (primary N) is 1. The van der Waals surface area contributed by atoms with Crippen molar-refractivity contribution in [3.63, 3.8) is 0 Å². The molecule has 2 aliphatic heterocycles. The lowest BCUT2D eigenvalue weighted by Crippen LogP contribution is -2.37. The van der Waals surface area contributed by atoms with Gasteiger partial charge in [-0.25, -0.2) is 0 Å². The van der Waals surface area contributed by atoms with Gasteiger partial charge in [0.2, 0.25) is 0 Å². The first-order chi connectivity index (χ1) is 9.08. The lowest BCUT2D eigenvalue weighted by Gasteiger charge is -2.27. The number of hydrogen-bond acceptors (Lipinski definition) is 4. The molecule has 0 radical (unpaired) electrons. The third-order valence-corrected chi connectivity index (χ3v) is 3.64. The molecule has 3 rings (SSSR count). The van der Waals surface area contributed by atoms with Gasteiger partial charge in [-0.05, 0) is 26.0 Å². The summed E-state index contributed by atoms with van der Waals surface area (Å²) < 4.78 is 1.58. The molecule has 1 aromatic heterocycles. The highest BCUT2D eigenvalue weighted by atomic mass is 16.1. The normalized spacial score (nSPS) is 25.6. The lowest BCUT2D eigenvalue weighted by atomic mass is 10.1. The molecular weight excluding hydrogens is 240 g/mol. The molecule has 0 fully saturated rings. The van der Waals surface area contributed by atoms with Crippen LogP contribution in [0.3, 0.4) is 0 Å². The zero-order chi connectivity index (χ0) is 13.6. The van der Waals surface area contributed by atoms with Gasteiger partial charge in [0.15, 0.2) is 5.84 Å². The third kappa shape index (κ3) is 1.78. The van der Waals surface area contributed by atoms with E-state index in [9.17, 15) is 4.79 Å².